The van der Waals surface area contributed by atoms with E-state index in [1.54, 1.807) is 7.11 Å². The van der Waals surface area contributed by atoms with Gasteiger partial charge in [-0.25, -0.2) is 0 Å². The van der Waals surface area contributed by atoms with Crippen LogP contribution < -0.4 is 10.5 Å². The maximum absolute atomic E-state index is 6.11. The van der Waals surface area contributed by atoms with E-state index in [2.05, 4.69) is 10.2 Å². The first kappa shape index (κ1) is 10.4. The van der Waals surface area contributed by atoms with Crippen LogP contribution in [0.25, 0.3) is 11.3 Å². The van der Waals surface area contributed by atoms with Crippen molar-refractivity contribution >= 4 is 0 Å². The number of aromatic nitrogens is 2. The van der Waals surface area contributed by atoms with E-state index >= 15 is 0 Å². The van der Waals surface area contributed by atoms with E-state index < -0.39 is 0 Å². The number of hydrogen-bond donors (Lipinski definition) is 2. The first-order chi connectivity index (χ1) is 8.29. The summed E-state index contributed by atoms with van der Waals surface area (Å²) >= 11 is 0. The zero-order chi connectivity index (χ0) is 11.8. The summed E-state index contributed by atoms with van der Waals surface area (Å²) in [4.78, 5) is 0. The molecular weight excluding hydrogens is 214 g/mol. The van der Waals surface area contributed by atoms with Gasteiger partial charge in [0.2, 0.25) is 0 Å². The molecule has 17 heavy (non-hydrogen) atoms. The van der Waals surface area contributed by atoms with Crippen molar-refractivity contribution < 1.29 is 4.74 Å². The van der Waals surface area contributed by atoms with Crippen LogP contribution in [0.4, 0.5) is 0 Å². The number of aromatic amines is 1. The van der Waals surface area contributed by atoms with E-state index in [1.807, 2.05) is 24.3 Å². The molecule has 1 aliphatic carbocycles. The molecule has 1 heterocycles. The number of benzene rings is 1. The van der Waals surface area contributed by atoms with Gasteiger partial charge in [0.05, 0.1) is 12.8 Å². The maximum Gasteiger partial charge on any atom is 0.119 e. The predicted octanol–water partition coefficient (Wildman–Crippen LogP) is 2.03. The monoisotopic (exact) mass is 229 g/mol. The lowest BCUT2D eigenvalue weighted by molar-refractivity contribution is 0.415. The van der Waals surface area contributed by atoms with Gasteiger partial charge in [0.25, 0.3) is 0 Å². The number of methoxy groups -OCH3 is 1. The molecular formula is C13H15N3O. The van der Waals surface area contributed by atoms with Crippen LogP contribution in [0.5, 0.6) is 5.75 Å². The Bertz CT molecular complexity index is 547. The second-order valence-electron chi connectivity index (χ2n) is 4.34. The van der Waals surface area contributed by atoms with Crippen LogP contribution in [-0.2, 0) is 6.42 Å². The molecule has 0 spiro atoms. The number of fused-ring (bicyclic) bond motifs is 1. The normalized spacial score (nSPS) is 18.1. The number of nitrogens with two attached hydrogens (primary N) is 1. The van der Waals surface area contributed by atoms with Crippen LogP contribution in [0.15, 0.2) is 24.3 Å². The fourth-order valence-corrected chi connectivity index (χ4v) is 2.41. The van der Waals surface area contributed by atoms with Crippen LogP contribution in [0.2, 0.25) is 0 Å². The third-order valence-electron chi connectivity index (χ3n) is 3.30. The molecule has 1 aromatic carbocycles. The van der Waals surface area contributed by atoms with Crippen molar-refractivity contribution in [1.82, 2.24) is 10.2 Å². The van der Waals surface area contributed by atoms with Crippen LogP contribution in [-0.4, -0.2) is 17.3 Å². The molecule has 0 radical (unpaired) electrons. The van der Waals surface area contributed by atoms with Gasteiger partial charge in [-0.3, -0.25) is 5.10 Å². The van der Waals surface area contributed by atoms with Crippen molar-refractivity contribution in [3.8, 4) is 17.0 Å². The molecule has 0 amide bonds. The average Bonchev–Trinajstić information content (AvgIpc) is 2.93. The molecule has 3 N–H and O–H groups in total. The van der Waals surface area contributed by atoms with Crippen LogP contribution in [0.3, 0.4) is 0 Å². The molecule has 0 aliphatic heterocycles. The van der Waals surface area contributed by atoms with Crippen molar-refractivity contribution in [2.75, 3.05) is 7.11 Å². The quantitative estimate of drug-likeness (QED) is 0.828. The van der Waals surface area contributed by atoms with Crippen LogP contribution in [0.1, 0.15) is 23.7 Å². The predicted molar refractivity (Wildman–Crippen MR) is 65.8 cm³/mol. The first-order valence-electron chi connectivity index (χ1n) is 5.76. The van der Waals surface area contributed by atoms with Crippen molar-refractivity contribution in [2.45, 2.75) is 18.9 Å². The molecule has 4 heteroatoms. The van der Waals surface area contributed by atoms with Gasteiger partial charge < -0.3 is 10.5 Å². The van der Waals surface area contributed by atoms with Crippen LogP contribution >= 0.6 is 0 Å². The zero-order valence-corrected chi connectivity index (χ0v) is 9.73. The van der Waals surface area contributed by atoms with E-state index in [4.69, 9.17) is 10.5 Å². The van der Waals surface area contributed by atoms with Crippen molar-refractivity contribution in [3.05, 3.63) is 35.5 Å². The molecule has 0 saturated heterocycles. The minimum Gasteiger partial charge on any atom is -0.497 e. The first-order valence-corrected chi connectivity index (χ1v) is 5.76. The standard InChI is InChI=1S/C13H15N3O/c1-17-9-4-2-3-8(7-9)13-12-10(14)5-6-11(12)15-16-13/h2-4,7,10H,5-6,14H2,1H3,(H,15,16). The van der Waals surface area contributed by atoms with Crippen LogP contribution in [0, 0.1) is 0 Å². The van der Waals surface area contributed by atoms with Gasteiger partial charge in [-0.05, 0) is 25.0 Å². The smallest absolute Gasteiger partial charge is 0.119 e. The number of hydrogen-bond acceptors (Lipinski definition) is 3. The topological polar surface area (TPSA) is 63.9 Å². The summed E-state index contributed by atoms with van der Waals surface area (Å²) in [5.41, 5.74) is 10.5. The largest absolute Gasteiger partial charge is 0.497 e. The highest BCUT2D eigenvalue weighted by atomic mass is 16.5. The lowest BCUT2D eigenvalue weighted by Gasteiger charge is -2.06. The second-order valence-corrected chi connectivity index (χ2v) is 4.34. The Balaban J connectivity index is 2.10. The average molecular weight is 229 g/mol. The fourth-order valence-electron chi connectivity index (χ4n) is 2.41. The molecule has 1 aliphatic rings. The van der Waals surface area contributed by atoms with Gasteiger partial charge in [0.1, 0.15) is 5.75 Å². The minimum absolute atomic E-state index is 0.102. The molecule has 2 aromatic rings. The van der Waals surface area contributed by atoms with Crippen molar-refractivity contribution in [3.63, 3.8) is 0 Å². The molecule has 3 rings (SSSR count). The number of H-pyrrole nitrogens is 1. The maximum atomic E-state index is 6.11. The van der Waals surface area contributed by atoms with Gasteiger partial charge in [-0.2, -0.15) is 5.10 Å². The summed E-state index contributed by atoms with van der Waals surface area (Å²) < 4.78 is 5.23. The molecule has 0 saturated carbocycles. The summed E-state index contributed by atoms with van der Waals surface area (Å²) in [5.74, 6) is 0.839. The van der Waals surface area contributed by atoms with E-state index in [9.17, 15) is 0 Å². The molecule has 1 aromatic heterocycles. The second kappa shape index (κ2) is 3.89. The third kappa shape index (κ3) is 1.61. The summed E-state index contributed by atoms with van der Waals surface area (Å²) in [5, 5.41) is 7.46. The van der Waals surface area contributed by atoms with E-state index in [0.29, 0.717) is 0 Å². The van der Waals surface area contributed by atoms with Crippen molar-refractivity contribution in [2.24, 2.45) is 5.73 Å². The van der Waals surface area contributed by atoms with Gasteiger partial charge in [0.15, 0.2) is 0 Å². The zero-order valence-electron chi connectivity index (χ0n) is 9.73. The van der Waals surface area contributed by atoms with Gasteiger partial charge in [0, 0.05) is 22.9 Å². The molecule has 88 valence electrons. The summed E-state index contributed by atoms with van der Waals surface area (Å²) in [7, 11) is 1.67. The lowest BCUT2D eigenvalue weighted by atomic mass is 10.0. The number of ether oxygens (including phenoxy) is 1. The Kier molecular flexibility index (Phi) is 2.37. The number of nitrogens with one attached hydrogen (secondary N) is 1. The van der Waals surface area contributed by atoms with Gasteiger partial charge in [-0.1, -0.05) is 12.1 Å². The Morgan fingerprint density at radius 2 is 2.35 bits per heavy atom. The van der Waals surface area contributed by atoms with E-state index in [1.165, 1.54) is 11.3 Å². The minimum atomic E-state index is 0.102. The molecule has 0 fully saturated rings. The molecule has 0 bridgehead atoms. The molecule has 1 unspecified atom stereocenters. The van der Waals surface area contributed by atoms with E-state index in [-0.39, 0.29) is 6.04 Å². The summed E-state index contributed by atoms with van der Waals surface area (Å²) in [6.07, 6.45) is 1.99. The van der Waals surface area contributed by atoms with E-state index in [0.717, 1.165) is 29.8 Å². The number of rotatable bonds is 2. The highest BCUT2D eigenvalue weighted by Gasteiger charge is 2.26. The highest BCUT2D eigenvalue weighted by molar-refractivity contribution is 5.67. The Labute approximate surface area is 99.8 Å². The third-order valence-corrected chi connectivity index (χ3v) is 3.30. The Morgan fingerprint density at radius 3 is 3.18 bits per heavy atom. The summed E-state index contributed by atoms with van der Waals surface area (Å²) in [6, 6.07) is 8.02. The fraction of sp³-hybridized carbons (Fsp3) is 0.308. The number of aryl methyl sites for hydroxylation is 1. The highest BCUT2D eigenvalue weighted by Crippen LogP contribution is 2.36. The molecule has 4 nitrogen and oxygen atoms in total. The SMILES string of the molecule is COc1cccc(-c2n[nH]c3c2C(N)CC3)c1. The van der Waals surface area contributed by atoms with Crippen molar-refractivity contribution in [1.29, 1.82) is 0 Å². The Hall–Kier alpha value is -1.81. The van der Waals surface area contributed by atoms with Gasteiger partial charge >= 0.3 is 0 Å². The summed E-state index contributed by atoms with van der Waals surface area (Å²) in [6.45, 7) is 0. The Morgan fingerprint density at radius 1 is 1.47 bits per heavy atom. The lowest BCUT2D eigenvalue weighted by Crippen LogP contribution is -2.06. The van der Waals surface area contributed by atoms with Gasteiger partial charge in [-0.15, -0.1) is 0 Å². The number of nitrogens with zero attached hydrogens (tertiary/aromatic N) is 1. The molecule has 1 atom stereocenters.